The van der Waals surface area contributed by atoms with Crippen LogP contribution in [-0.2, 0) is 5.41 Å². The number of ether oxygens (including phenoxy) is 1. The second kappa shape index (κ2) is 8.23. The fourth-order valence-corrected chi connectivity index (χ4v) is 7.62. The molecule has 5 aliphatic carbocycles. The Morgan fingerprint density at radius 2 is 1.55 bits per heavy atom. The number of benzene rings is 1. The molecule has 1 aromatic carbocycles. The average Bonchev–Trinajstić information content (AvgIpc) is 2.72. The third-order valence-corrected chi connectivity index (χ3v) is 8.64. The van der Waals surface area contributed by atoms with Gasteiger partial charge in [0.05, 0.1) is 0 Å². The highest BCUT2D eigenvalue weighted by Crippen LogP contribution is 2.60. The lowest BCUT2D eigenvalue weighted by Gasteiger charge is -2.57. The second-order valence-corrected chi connectivity index (χ2v) is 10.9. The molecule has 0 spiro atoms. The Balaban J connectivity index is 1.14. The van der Waals surface area contributed by atoms with E-state index in [4.69, 9.17) is 4.74 Å². The molecule has 3 nitrogen and oxygen atoms in total. The van der Waals surface area contributed by atoms with Crippen molar-refractivity contribution in [3.8, 4) is 5.75 Å². The quantitative estimate of drug-likeness (QED) is 0.690. The molecule has 0 aromatic heterocycles. The van der Waals surface area contributed by atoms with Gasteiger partial charge in [0.2, 0.25) is 0 Å². The second-order valence-electron chi connectivity index (χ2n) is 10.9. The van der Waals surface area contributed by atoms with Crippen molar-refractivity contribution >= 4 is 0 Å². The molecular formula is C26H39NO2. The van der Waals surface area contributed by atoms with Crippen molar-refractivity contribution in [3.05, 3.63) is 29.8 Å². The van der Waals surface area contributed by atoms with Gasteiger partial charge in [-0.15, -0.1) is 0 Å². The van der Waals surface area contributed by atoms with Crippen molar-refractivity contribution in [2.24, 2.45) is 17.8 Å². The van der Waals surface area contributed by atoms with Gasteiger partial charge in [-0.2, -0.15) is 0 Å². The molecule has 29 heavy (non-hydrogen) atoms. The largest absolute Gasteiger partial charge is 0.491 e. The van der Waals surface area contributed by atoms with E-state index in [2.05, 4.69) is 36.2 Å². The zero-order valence-electron chi connectivity index (χ0n) is 18.2. The van der Waals surface area contributed by atoms with Crippen LogP contribution in [-0.4, -0.2) is 42.4 Å². The van der Waals surface area contributed by atoms with Gasteiger partial charge in [0.15, 0.2) is 0 Å². The topological polar surface area (TPSA) is 32.7 Å². The van der Waals surface area contributed by atoms with Crippen LogP contribution in [0.1, 0.15) is 76.2 Å². The lowest BCUT2D eigenvalue weighted by atomic mass is 9.48. The molecule has 160 valence electrons. The van der Waals surface area contributed by atoms with Crippen LogP contribution in [0.15, 0.2) is 24.3 Å². The number of aliphatic hydroxyl groups excluding tert-OH is 1. The van der Waals surface area contributed by atoms with Crippen molar-refractivity contribution < 1.29 is 9.84 Å². The Bertz CT molecular complexity index is 643. The number of aliphatic hydroxyl groups is 1. The summed E-state index contributed by atoms with van der Waals surface area (Å²) < 4.78 is 5.95. The molecule has 5 aliphatic rings. The van der Waals surface area contributed by atoms with Gasteiger partial charge in [-0.1, -0.05) is 31.4 Å². The van der Waals surface area contributed by atoms with Gasteiger partial charge >= 0.3 is 0 Å². The van der Waals surface area contributed by atoms with E-state index in [1.165, 1.54) is 70.6 Å². The smallest absolute Gasteiger partial charge is 0.119 e. The van der Waals surface area contributed by atoms with Gasteiger partial charge in [0.25, 0.3) is 0 Å². The number of likely N-dealkylation sites (N-methyl/N-ethyl adjacent to an activating group) is 1. The molecule has 0 heterocycles. The molecule has 1 N–H and O–H groups in total. The van der Waals surface area contributed by atoms with Gasteiger partial charge in [-0.25, -0.2) is 0 Å². The summed E-state index contributed by atoms with van der Waals surface area (Å²) in [4.78, 5) is 2.34. The van der Waals surface area contributed by atoms with E-state index in [1.54, 1.807) is 5.56 Å². The molecular weight excluding hydrogens is 358 g/mol. The summed E-state index contributed by atoms with van der Waals surface area (Å²) >= 11 is 0. The summed E-state index contributed by atoms with van der Waals surface area (Å²) in [6, 6.07) is 9.57. The van der Waals surface area contributed by atoms with E-state index < -0.39 is 6.10 Å². The first-order valence-corrected chi connectivity index (χ1v) is 12.2. The van der Waals surface area contributed by atoms with Gasteiger partial charge < -0.3 is 14.7 Å². The van der Waals surface area contributed by atoms with Crippen LogP contribution in [0.2, 0.25) is 0 Å². The fourth-order valence-electron chi connectivity index (χ4n) is 7.62. The SMILES string of the molecule is CN(CC(O)COc1ccc(C23CC4CC(CC(C4)C2)C3)cc1)C1CCCCC1. The van der Waals surface area contributed by atoms with Crippen LogP contribution in [0.3, 0.4) is 0 Å². The van der Waals surface area contributed by atoms with Gasteiger partial charge in [0, 0.05) is 12.6 Å². The minimum absolute atomic E-state index is 0.383. The van der Waals surface area contributed by atoms with Crippen molar-refractivity contribution in [2.75, 3.05) is 20.2 Å². The summed E-state index contributed by atoms with van der Waals surface area (Å²) in [5.74, 6) is 3.84. The van der Waals surface area contributed by atoms with Gasteiger partial charge in [-0.3, -0.25) is 0 Å². The third kappa shape index (κ3) is 4.23. The Morgan fingerprint density at radius 1 is 0.966 bits per heavy atom. The Labute approximate surface area is 176 Å². The Kier molecular flexibility index (Phi) is 5.64. The lowest BCUT2D eigenvalue weighted by Crippen LogP contribution is -2.48. The van der Waals surface area contributed by atoms with E-state index >= 15 is 0 Å². The minimum atomic E-state index is -0.426. The summed E-state index contributed by atoms with van der Waals surface area (Å²) in [7, 11) is 2.15. The highest BCUT2D eigenvalue weighted by molar-refractivity contribution is 5.34. The van der Waals surface area contributed by atoms with Crippen LogP contribution in [0.5, 0.6) is 5.75 Å². The van der Waals surface area contributed by atoms with Crippen molar-refractivity contribution in [2.45, 2.75) is 88.2 Å². The number of nitrogens with zero attached hydrogens (tertiary/aromatic N) is 1. The van der Waals surface area contributed by atoms with E-state index in [-0.39, 0.29) is 0 Å². The standard InChI is InChI=1S/C26H39NO2/c1-27(23-5-3-2-4-6-23)17-24(28)18-29-25-9-7-22(8-10-25)26-14-19-11-20(15-26)13-21(12-19)16-26/h7-10,19-21,23-24,28H,2-6,11-18H2,1H3. The van der Waals surface area contributed by atoms with Crippen molar-refractivity contribution in [1.82, 2.24) is 4.90 Å². The first-order valence-electron chi connectivity index (χ1n) is 12.2. The molecule has 1 aromatic rings. The number of hydrogen-bond donors (Lipinski definition) is 1. The summed E-state index contributed by atoms with van der Waals surface area (Å²) in [6.45, 7) is 1.09. The highest BCUT2D eigenvalue weighted by Gasteiger charge is 2.51. The molecule has 3 heteroatoms. The molecule has 5 fully saturated rings. The highest BCUT2D eigenvalue weighted by atomic mass is 16.5. The third-order valence-electron chi connectivity index (χ3n) is 8.64. The summed E-state index contributed by atoms with van der Waals surface area (Å²) in [5, 5.41) is 10.5. The molecule has 1 atom stereocenters. The lowest BCUT2D eigenvalue weighted by molar-refractivity contribution is -0.00522. The maximum atomic E-state index is 10.5. The first kappa shape index (κ1) is 19.9. The molecule has 5 saturated carbocycles. The molecule has 6 rings (SSSR count). The molecule has 0 radical (unpaired) electrons. The Morgan fingerprint density at radius 3 is 2.14 bits per heavy atom. The molecule has 0 aliphatic heterocycles. The van der Waals surface area contributed by atoms with E-state index in [9.17, 15) is 5.11 Å². The van der Waals surface area contributed by atoms with Gasteiger partial charge in [-0.05, 0) is 99.3 Å². The zero-order chi connectivity index (χ0) is 19.8. The maximum Gasteiger partial charge on any atom is 0.119 e. The molecule has 1 unspecified atom stereocenters. The molecule has 4 bridgehead atoms. The maximum absolute atomic E-state index is 10.5. The molecule has 0 saturated heterocycles. The monoisotopic (exact) mass is 397 g/mol. The Hall–Kier alpha value is -1.06. The van der Waals surface area contributed by atoms with E-state index in [0.29, 0.717) is 24.6 Å². The summed E-state index contributed by atoms with van der Waals surface area (Å²) in [6.07, 6.45) is 14.9. The number of hydrogen-bond acceptors (Lipinski definition) is 3. The van der Waals surface area contributed by atoms with Crippen LogP contribution in [0.4, 0.5) is 0 Å². The first-order chi connectivity index (χ1) is 14.1. The normalized spacial score (nSPS) is 35.2. The average molecular weight is 398 g/mol. The number of rotatable bonds is 7. The van der Waals surface area contributed by atoms with Gasteiger partial charge in [0.1, 0.15) is 18.5 Å². The van der Waals surface area contributed by atoms with Crippen LogP contribution in [0, 0.1) is 17.8 Å². The van der Waals surface area contributed by atoms with Crippen LogP contribution >= 0.6 is 0 Å². The predicted molar refractivity (Wildman–Crippen MR) is 117 cm³/mol. The van der Waals surface area contributed by atoms with Crippen molar-refractivity contribution in [3.63, 3.8) is 0 Å². The van der Waals surface area contributed by atoms with E-state index in [0.717, 1.165) is 23.5 Å². The fraction of sp³-hybridized carbons (Fsp3) is 0.769. The molecule has 0 amide bonds. The zero-order valence-corrected chi connectivity index (χ0v) is 18.2. The predicted octanol–water partition coefficient (Wildman–Crippen LogP) is 5.16. The summed E-state index contributed by atoms with van der Waals surface area (Å²) in [5.41, 5.74) is 2.00. The van der Waals surface area contributed by atoms with Crippen molar-refractivity contribution in [1.29, 1.82) is 0 Å². The van der Waals surface area contributed by atoms with E-state index in [1.807, 2.05) is 0 Å². The minimum Gasteiger partial charge on any atom is -0.491 e. The van der Waals surface area contributed by atoms with Crippen LogP contribution in [0.25, 0.3) is 0 Å². The van der Waals surface area contributed by atoms with Crippen LogP contribution < -0.4 is 4.74 Å².